The van der Waals surface area contributed by atoms with Crippen LogP contribution in [0.15, 0.2) is 30.6 Å². The van der Waals surface area contributed by atoms with Gasteiger partial charge in [0.25, 0.3) is 0 Å². The normalized spacial score (nSPS) is 11.0. The fourth-order valence-electron chi connectivity index (χ4n) is 2.96. The van der Waals surface area contributed by atoms with Gasteiger partial charge in [0.05, 0.1) is 22.1 Å². The predicted molar refractivity (Wildman–Crippen MR) is 112 cm³/mol. The van der Waals surface area contributed by atoms with Crippen LogP contribution in [0.25, 0.3) is 11.3 Å². The van der Waals surface area contributed by atoms with Gasteiger partial charge >= 0.3 is 0 Å². The van der Waals surface area contributed by atoms with Gasteiger partial charge in [0.2, 0.25) is 5.95 Å². The number of hydrogen-bond donors (Lipinski definition) is 1. The highest BCUT2D eigenvalue weighted by Crippen LogP contribution is 2.32. The van der Waals surface area contributed by atoms with Crippen molar-refractivity contribution in [3.05, 3.63) is 52.0 Å². The molecule has 0 saturated heterocycles. The SMILES string of the molecule is CCCn1ccnc1Nc1nc(CC)c(-c2ccc(Cl)cc2Cl)nc1CC. The van der Waals surface area contributed by atoms with Gasteiger partial charge in [-0.05, 0) is 37.5 Å². The molecule has 3 rings (SSSR count). The zero-order valence-corrected chi connectivity index (χ0v) is 17.3. The highest BCUT2D eigenvalue weighted by molar-refractivity contribution is 6.36. The van der Waals surface area contributed by atoms with Crippen LogP contribution in [0.3, 0.4) is 0 Å². The van der Waals surface area contributed by atoms with Gasteiger partial charge in [0, 0.05) is 29.5 Å². The van der Waals surface area contributed by atoms with E-state index in [1.807, 2.05) is 18.3 Å². The van der Waals surface area contributed by atoms with Crippen LogP contribution in [0.4, 0.5) is 11.8 Å². The molecular weight excluding hydrogens is 381 g/mol. The zero-order valence-electron chi connectivity index (χ0n) is 15.8. The molecule has 0 radical (unpaired) electrons. The van der Waals surface area contributed by atoms with Crippen LogP contribution in [0.2, 0.25) is 10.0 Å². The molecule has 0 unspecified atom stereocenters. The van der Waals surface area contributed by atoms with E-state index >= 15 is 0 Å². The molecule has 0 bridgehead atoms. The first-order chi connectivity index (χ1) is 13.1. The monoisotopic (exact) mass is 403 g/mol. The third-order valence-electron chi connectivity index (χ3n) is 4.31. The van der Waals surface area contributed by atoms with Crippen molar-refractivity contribution in [2.75, 3.05) is 5.32 Å². The summed E-state index contributed by atoms with van der Waals surface area (Å²) in [5.74, 6) is 1.52. The summed E-state index contributed by atoms with van der Waals surface area (Å²) in [6.45, 7) is 7.16. The number of nitrogens with one attached hydrogen (secondary N) is 1. The molecule has 0 fully saturated rings. The summed E-state index contributed by atoms with van der Waals surface area (Å²) in [4.78, 5) is 14.2. The number of hydrogen-bond acceptors (Lipinski definition) is 4. The van der Waals surface area contributed by atoms with E-state index in [0.29, 0.717) is 10.0 Å². The van der Waals surface area contributed by atoms with Crippen molar-refractivity contribution >= 4 is 35.0 Å². The molecule has 142 valence electrons. The average molecular weight is 404 g/mol. The molecular formula is C20H23Cl2N5. The fourth-order valence-corrected chi connectivity index (χ4v) is 3.45. The smallest absolute Gasteiger partial charge is 0.208 e. The number of aromatic nitrogens is 4. The highest BCUT2D eigenvalue weighted by Gasteiger charge is 2.17. The van der Waals surface area contributed by atoms with Crippen molar-refractivity contribution in [2.45, 2.75) is 46.6 Å². The number of anilines is 2. The van der Waals surface area contributed by atoms with Crippen LogP contribution in [0, 0.1) is 0 Å². The number of halogens is 2. The molecule has 1 aromatic carbocycles. The molecule has 5 nitrogen and oxygen atoms in total. The number of nitrogens with zero attached hydrogens (tertiary/aromatic N) is 4. The van der Waals surface area contributed by atoms with Gasteiger partial charge in [-0.15, -0.1) is 0 Å². The summed E-state index contributed by atoms with van der Waals surface area (Å²) in [7, 11) is 0. The van der Waals surface area contributed by atoms with Gasteiger partial charge in [-0.2, -0.15) is 0 Å². The number of imidazole rings is 1. The van der Waals surface area contributed by atoms with E-state index in [1.165, 1.54) is 0 Å². The first kappa shape index (κ1) is 19.6. The summed E-state index contributed by atoms with van der Waals surface area (Å²) in [6, 6.07) is 5.45. The highest BCUT2D eigenvalue weighted by atomic mass is 35.5. The molecule has 0 aliphatic rings. The van der Waals surface area contributed by atoms with E-state index in [0.717, 1.165) is 60.2 Å². The molecule has 0 aliphatic heterocycles. The molecule has 2 aromatic heterocycles. The quantitative estimate of drug-likeness (QED) is 0.531. The van der Waals surface area contributed by atoms with Gasteiger partial charge in [-0.1, -0.05) is 44.0 Å². The summed E-state index contributed by atoms with van der Waals surface area (Å²) in [5.41, 5.74) is 3.41. The minimum Gasteiger partial charge on any atom is -0.317 e. The minimum atomic E-state index is 0.577. The minimum absolute atomic E-state index is 0.577. The van der Waals surface area contributed by atoms with Crippen LogP contribution >= 0.6 is 23.2 Å². The van der Waals surface area contributed by atoms with Crippen molar-refractivity contribution in [1.29, 1.82) is 0 Å². The lowest BCUT2D eigenvalue weighted by Gasteiger charge is -2.16. The van der Waals surface area contributed by atoms with Crippen LogP contribution in [0.5, 0.6) is 0 Å². The lowest BCUT2D eigenvalue weighted by molar-refractivity contribution is 0.686. The Balaban J connectivity index is 2.05. The maximum atomic E-state index is 6.42. The average Bonchev–Trinajstić information content (AvgIpc) is 3.09. The maximum Gasteiger partial charge on any atom is 0.208 e. The number of aryl methyl sites for hydroxylation is 3. The van der Waals surface area contributed by atoms with Crippen LogP contribution in [0.1, 0.15) is 38.6 Å². The van der Waals surface area contributed by atoms with Crippen molar-refractivity contribution in [3.63, 3.8) is 0 Å². The molecule has 7 heteroatoms. The second kappa shape index (κ2) is 8.72. The molecule has 1 N–H and O–H groups in total. The van der Waals surface area contributed by atoms with E-state index in [-0.39, 0.29) is 0 Å². The number of rotatable bonds is 7. The third kappa shape index (κ3) is 4.25. The molecule has 0 saturated carbocycles. The summed E-state index contributed by atoms with van der Waals surface area (Å²) in [6.07, 6.45) is 6.27. The molecule has 0 atom stereocenters. The Morgan fingerprint density at radius 3 is 2.48 bits per heavy atom. The van der Waals surface area contributed by atoms with E-state index in [4.69, 9.17) is 33.2 Å². The predicted octanol–water partition coefficient (Wildman–Crippen LogP) is 5.93. The summed E-state index contributed by atoms with van der Waals surface area (Å²) >= 11 is 12.5. The van der Waals surface area contributed by atoms with Gasteiger partial charge < -0.3 is 9.88 Å². The topological polar surface area (TPSA) is 55.6 Å². The van der Waals surface area contributed by atoms with E-state index in [9.17, 15) is 0 Å². The van der Waals surface area contributed by atoms with Gasteiger partial charge in [-0.25, -0.2) is 15.0 Å². The van der Waals surface area contributed by atoms with E-state index < -0.39 is 0 Å². The zero-order chi connectivity index (χ0) is 19.4. The number of benzene rings is 1. The molecule has 2 heterocycles. The standard InChI is InChI=1S/C20H23Cl2N5/c1-4-10-27-11-9-23-20(27)26-19-17(6-3)24-18(16(5-2)25-19)14-8-7-13(21)12-15(14)22/h7-9,11-12H,4-6,10H2,1-3H3,(H,23,25,26). The summed E-state index contributed by atoms with van der Waals surface area (Å²) < 4.78 is 2.08. The van der Waals surface area contributed by atoms with Crippen molar-refractivity contribution in [2.24, 2.45) is 0 Å². The maximum absolute atomic E-state index is 6.42. The third-order valence-corrected chi connectivity index (χ3v) is 4.85. The Morgan fingerprint density at radius 1 is 1.04 bits per heavy atom. The van der Waals surface area contributed by atoms with Crippen molar-refractivity contribution in [3.8, 4) is 11.3 Å². The van der Waals surface area contributed by atoms with E-state index in [1.54, 1.807) is 12.3 Å². The summed E-state index contributed by atoms with van der Waals surface area (Å²) in [5, 5.41) is 4.54. The first-order valence-electron chi connectivity index (χ1n) is 9.20. The molecule has 0 spiro atoms. The Morgan fingerprint density at radius 2 is 1.81 bits per heavy atom. The fraction of sp³-hybridized carbons (Fsp3) is 0.350. The molecule has 27 heavy (non-hydrogen) atoms. The largest absolute Gasteiger partial charge is 0.317 e. The van der Waals surface area contributed by atoms with Crippen molar-refractivity contribution in [1.82, 2.24) is 19.5 Å². The van der Waals surface area contributed by atoms with Crippen LogP contribution < -0.4 is 5.32 Å². The lowest BCUT2D eigenvalue weighted by Crippen LogP contribution is -2.10. The van der Waals surface area contributed by atoms with Crippen LogP contribution in [-0.2, 0) is 19.4 Å². The van der Waals surface area contributed by atoms with Gasteiger partial charge in [0.15, 0.2) is 5.82 Å². The Bertz CT molecular complexity index is 936. The first-order valence-corrected chi connectivity index (χ1v) is 9.96. The Labute approximate surface area is 169 Å². The molecule has 3 aromatic rings. The van der Waals surface area contributed by atoms with Gasteiger partial charge in [-0.3, -0.25) is 0 Å². The van der Waals surface area contributed by atoms with E-state index in [2.05, 4.69) is 35.6 Å². The Hall–Kier alpha value is -2.11. The van der Waals surface area contributed by atoms with Crippen molar-refractivity contribution < 1.29 is 0 Å². The van der Waals surface area contributed by atoms with Crippen LogP contribution in [-0.4, -0.2) is 19.5 Å². The Kier molecular flexibility index (Phi) is 6.34. The molecule has 0 amide bonds. The second-order valence-electron chi connectivity index (χ2n) is 6.21. The van der Waals surface area contributed by atoms with Gasteiger partial charge in [0.1, 0.15) is 0 Å². The lowest BCUT2D eigenvalue weighted by atomic mass is 10.1. The second-order valence-corrected chi connectivity index (χ2v) is 7.06. The molecule has 0 aliphatic carbocycles.